The summed E-state index contributed by atoms with van der Waals surface area (Å²) in [6, 6.07) is 3.72. The standard InChI is InChI=1S/C9H7BrN2O/c10-3-6-1-8-9(12-5-11-8)2-7(6)4-13/h1-2,4-5H,3H2,(H,11,12). The minimum absolute atomic E-state index is 0.677. The largest absolute Gasteiger partial charge is 0.345 e. The van der Waals surface area contributed by atoms with Gasteiger partial charge >= 0.3 is 0 Å². The third-order valence-corrected chi connectivity index (χ3v) is 2.56. The Morgan fingerprint density at radius 2 is 2.38 bits per heavy atom. The number of alkyl halides is 1. The van der Waals surface area contributed by atoms with E-state index in [9.17, 15) is 4.79 Å². The van der Waals surface area contributed by atoms with Crippen molar-refractivity contribution in [1.29, 1.82) is 0 Å². The Morgan fingerprint density at radius 1 is 1.54 bits per heavy atom. The Bertz CT molecular complexity index is 450. The van der Waals surface area contributed by atoms with E-state index in [1.54, 1.807) is 12.4 Å². The van der Waals surface area contributed by atoms with Crippen LogP contribution in [-0.2, 0) is 5.33 Å². The van der Waals surface area contributed by atoms with E-state index in [1.807, 2.05) is 6.07 Å². The van der Waals surface area contributed by atoms with E-state index in [2.05, 4.69) is 25.9 Å². The SMILES string of the molecule is O=Cc1cc2nc[nH]c2cc1CBr. The summed E-state index contributed by atoms with van der Waals surface area (Å²) in [5.41, 5.74) is 3.45. The lowest BCUT2D eigenvalue weighted by molar-refractivity contribution is 0.112. The summed E-state index contributed by atoms with van der Waals surface area (Å²) in [4.78, 5) is 17.8. The number of rotatable bonds is 2. The number of carbonyl (C=O) groups excluding carboxylic acids is 1. The number of fused-ring (bicyclic) bond motifs is 1. The van der Waals surface area contributed by atoms with Gasteiger partial charge in [-0.05, 0) is 17.7 Å². The molecule has 2 rings (SSSR count). The van der Waals surface area contributed by atoms with Crippen molar-refractivity contribution < 1.29 is 4.79 Å². The maximum atomic E-state index is 10.7. The van der Waals surface area contributed by atoms with Crippen molar-refractivity contribution in [2.75, 3.05) is 0 Å². The number of carbonyl (C=O) groups is 1. The molecule has 0 aliphatic carbocycles. The summed E-state index contributed by atoms with van der Waals surface area (Å²) in [7, 11) is 0. The first-order valence-electron chi connectivity index (χ1n) is 3.82. The fourth-order valence-corrected chi connectivity index (χ4v) is 1.75. The van der Waals surface area contributed by atoms with Gasteiger partial charge in [0.2, 0.25) is 0 Å². The number of imidazole rings is 1. The second-order valence-electron chi connectivity index (χ2n) is 2.72. The molecule has 13 heavy (non-hydrogen) atoms. The molecule has 0 aliphatic heterocycles. The molecule has 1 aromatic heterocycles. The molecule has 0 unspecified atom stereocenters. The van der Waals surface area contributed by atoms with Gasteiger partial charge in [-0.15, -0.1) is 0 Å². The average molecular weight is 239 g/mol. The topological polar surface area (TPSA) is 45.8 Å². The number of nitrogens with zero attached hydrogens (tertiary/aromatic N) is 1. The van der Waals surface area contributed by atoms with Crippen molar-refractivity contribution in [2.24, 2.45) is 0 Å². The summed E-state index contributed by atoms with van der Waals surface area (Å²) in [6.07, 6.45) is 2.47. The van der Waals surface area contributed by atoms with Gasteiger partial charge in [0.1, 0.15) is 6.29 Å². The summed E-state index contributed by atoms with van der Waals surface area (Å²) in [6.45, 7) is 0. The number of nitrogens with one attached hydrogen (secondary N) is 1. The maximum Gasteiger partial charge on any atom is 0.150 e. The number of hydrogen-bond donors (Lipinski definition) is 1. The third kappa shape index (κ3) is 1.37. The van der Waals surface area contributed by atoms with Crippen LogP contribution in [0.1, 0.15) is 15.9 Å². The molecule has 1 heterocycles. The lowest BCUT2D eigenvalue weighted by Crippen LogP contribution is -1.89. The molecule has 0 saturated heterocycles. The van der Waals surface area contributed by atoms with Gasteiger partial charge in [-0.2, -0.15) is 0 Å². The molecular weight excluding hydrogens is 232 g/mol. The zero-order chi connectivity index (χ0) is 9.26. The molecule has 0 spiro atoms. The van der Waals surface area contributed by atoms with Crippen LogP contribution < -0.4 is 0 Å². The highest BCUT2D eigenvalue weighted by atomic mass is 79.9. The van der Waals surface area contributed by atoms with Crippen LogP contribution in [0.3, 0.4) is 0 Å². The Kier molecular flexibility index (Phi) is 2.14. The smallest absolute Gasteiger partial charge is 0.150 e. The molecule has 0 radical (unpaired) electrons. The van der Waals surface area contributed by atoms with Crippen LogP contribution in [0.2, 0.25) is 0 Å². The second kappa shape index (κ2) is 3.30. The fourth-order valence-electron chi connectivity index (χ4n) is 1.27. The highest BCUT2D eigenvalue weighted by Gasteiger charge is 2.04. The minimum atomic E-state index is 0.677. The van der Waals surface area contributed by atoms with E-state index >= 15 is 0 Å². The first kappa shape index (κ1) is 8.44. The van der Waals surface area contributed by atoms with Crippen molar-refractivity contribution in [3.8, 4) is 0 Å². The van der Waals surface area contributed by atoms with E-state index in [-0.39, 0.29) is 0 Å². The Hall–Kier alpha value is -1.16. The summed E-state index contributed by atoms with van der Waals surface area (Å²) < 4.78 is 0. The number of aldehydes is 1. The van der Waals surface area contributed by atoms with E-state index in [0.717, 1.165) is 22.9 Å². The lowest BCUT2D eigenvalue weighted by atomic mass is 10.1. The van der Waals surface area contributed by atoms with Gasteiger partial charge in [-0.1, -0.05) is 15.9 Å². The Balaban J connectivity index is 2.73. The molecule has 0 atom stereocenters. The van der Waals surface area contributed by atoms with Gasteiger partial charge in [0.05, 0.1) is 17.4 Å². The van der Waals surface area contributed by atoms with Gasteiger partial charge in [0.15, 0.2) is 0 Å². The Labute approximate surface area is 83.3 Å². The molecule has 0 aliphatic rings. The fraction of sp³-hybridized carbons (Fsp3) is 0.111. The molecule has 0 fully saturated rings. The lowest BCUT2D eigenvalue weighted by Gasteiger charge is -1.99. The predicted molar refractivity (Wildman–Crippen MR) is 54.1 cm³/mol. The van der Waals surface area contributed by atoms with Crippen molar-refractivity contribution in [3.63, 3.8) is 0 Å². The quantitative estimate of drug-likeness (QED) is 0.645. The van der Waals surface area contributed by atoms with Crippen LogP contribution in [0.5, 0.6) is 0 Å². The number of H-pyrrole nitrogens is 1. The van der Waals surface area contributed by atoms with E-state index < -0.39 is 0 Å². The molecule has 0 saturated carbocycles. The van der Waals surface area contributed by atoms with Crippen LogP contribution in [0.4, 0.5) is 0 Å². The molecular formula is C9H7BrN2O. The van der Waals surface area contributed by atoms with Gasteiger partial charge < -0.3 is 4.98 Å². The number of hydrogen-bond acceptors (Lipinski definition) is 2. The van der Waals surface area contributed by atoms with Crippen molar-refractivity contribution >= 4 is 33.2 Å². The van der Waals surface area contributed by atoms with Gasteiger partial charge in [-0.3, -0.25) is 4.79 Å². The van der Waals surface area contributed by atoms with Crippen molar-refractivity contribution in [2.45, 2.75) is 5.33 Å². The third-order valence-electron chi connectivity index (χ3n) is 1.95. The zero-order valence-corrected chi connectivity index (χ0v) is 8.34. The number of halogens is 1. The molecule has 4 heteroatoms. The maximum absolute atomic E-state index is 10.7. The highest BCUT2D eigenvalue weighted by Crippen LogP contribution is 2.17. The van der Waals surface area contributed by atoms with Crippen molar-refractivity contribution in [1.82, 2.24) is 9.97 Å². The number of aromatic amines is 1. The summed E-state index contributed by atoms with van der Waals surface area (Å²) in [5, 5.41) is 0.677. The normalized spacial score (nSPS) is 10.5. The highest BCUT2D eigenvalue weighted by molar-refractivity contribution is 9.08. The summed E-state index contributed by atoms with van der Waals surface area (Å²) >= 11 is 3.33. The molecule has 1 N–H and O–H groups in total. The zero-order valence-electron chi connectivity index (χ0n) is 6.75. The number of benzene rings is 1. The van der Waals surface area contributed by atoms with Gasteiger partial charge in [0, 0.05) is 10.9 Å². The molecule has 0 bridgehead atoms. The van der Waals surface area contributed by atoms with Crippen molar-refractivity contribution in [3.05, 3.63) is 29.6 Å². The molecule has 3 nitrogen and oxygen atoms in total. The molecule has 66 valence electrons. The van der Waals surface area contributed by atoms with Gasteiger partial charge in [0.25, 0.3) is 0 Å². The van der Waals surface area contributed by atoms with E-state index in [4.69, 9.17) is 0 Å². The van der Waals surface area contributed by atoms with Crippen LogP contribution in [0.25, 0.3) is 11.0 Å². The average Bonchev–Trinajstić information content (AvgIpc) is 2.62. The Morgan fingerprint density at radius 3 is 3.08 bits per heavy atom. The summed E-state index contributed by atoms with van der Waals surface area (Å²) in [5.74, 6) is 0. The monoisotopic (exact) mass is 238 g/mol. The second-order valence-corrected chi connectivity index (χ2v) is 3.28. The van der Waals surface area contributed by atoms with Crippen LogP contribution in [-0.4, -0.2) is 16.3 Å². The van der Waals surface area contributed by atoms with E-state index in [1.165, 1.54) is 0 Å². The first-order chi connectivity index (χ1) is 6.35. The van der Waals surface area contributed by atoms with Crippen LogP contribution in [0.15, 0.2) is 18.5 Å². The van der Waals surface area contributed by atoms with Crippen LogP contribution in [0, 0.1) is 0 Å². The predicted octanol–water partition coefficient (Wildman–Crippen LogP) is 2.27. The number of aromatic nitrogens is 2. The van der Waals surface area contributed by atoms with Crippen LogP contribution >= 0.6 is 15.9 Å². The van der Waals surface area contributed by atoms with Gasteiger partial charge in [-0.25, -0.2) is 4.98 Å². The molecule has 2 aromatic rings. The minimum Gasteiger partial charge on any atom is -0.345 e. The van der Waals surface area contributed by atoms with E-state index in [0.29, 0.717) is 10.9 Å². The molecule has 0 amide bonds. The first-order valence-corrected chi connectivity index (χ1v) is 4.94. The molecule has 1 aromatic carbocycles.